The van der Waals surface area contributed by atoms with Gasteiger partial charge in [-0.05, 0) is 24.5 Å². The fraction of sp³-hybridized carbons (Fsp3) is 0.250. The number of phenolic OH excluding ortho intramolecular Hbond substituents is 1. The predicted octanol–water partition coefficient (Wildman–Crippen LogP) is 2.91. The number of rotatable bonds is 2. The predicted molar refractivity (Wildman–Crippen MR) is 50.3 cm³/mol. The average Bonchev–Trinajstić information content (AvgIpc) is 1.98. The van der Waals surface area contributed by atoms with E-state index in [0.29, 0.717) is 10.8 Å². The molecule has 3 heteroatoms. The Morgan fingerprint density at radius 2 is 2.27 bits per heavy atom. The Balaban J connectivity index is 2.93. The van der Waals surface area contributed by atoms with Crippen LogP contribution in [0, 0.1) is 0 Å². The second kappa shape index (κ2) is 3.88. The van der Waals surface area contributed by atoms with E-state index in [1.165, 1.54) is 0 Å². The molecule has 0 aromatic heterocycles. The number of thioether (sulfide) groups is 1. The van der Waals surface area contributed by atoms with E-state index in [2.05, 4.69) is 0 Å². The van der Waals surface area contributed by atoms with Crippen LogP contribution in [-0.4, -0.2) is 11.4 Å². The lowest BCUT2D eigenvalue weighted by Gasteiger charge is -2.01. The number of hydrogen-bond acceptors (Lipinski definition) is 2. The van der Waals surface area contributed by atoms with Crippen molar-refractivity contribution < 1.29 is 5.11 Å². The van der Waals surface area contributed by atoms with Gasteiger partial charge in [-0.1, -0.05) is 11.6 Å². The van der Waals surface area contributed by atoms with Crippen molar-refractivity contribution in [2.75, 3.05) is 6.26 Å². The molecule has 60 valence electrons. The molecule has 0 unspecified atom stereocenters. The first-order valence-electron chi connectivity index (χ1n) is 3.20. The van der Waals surface area contributed by atoms with Crippen molar-refractivity contribution in [2.45, 2.75) is 5.75 Å². The minimum absolute atomic E-state index is 0.323. The number of hydrogen-bond donors (Lipinski definition) is 1. The Morgan fingerprint density at radius 3 is 2.91 bits per heavy atom. The Hall–Kier alpha value is -0.340. The topological polar surface area (TPSA) is 20.2 Å². The quantitative estimate of drug-likeness (QED) is 0.770. The number of halogens is 1. The summed E-state index contributed by atoms with van der Waals surface area (Å²) in [7, 11) is 0. The molecule has 0 amide bonds. The molecule has 1 aromatic carbocycles. The molecule has 0 aliphatic heterocycles. The molecule has 11 heavy (non-hydrogen) atoms. The zero-order chi connectivity index (χ0) is 8.27. The Kier molecular flexibility index (Phi) is 3.09. The maximum atomic E-state index is 9.29. The molecule has 0 saturated heterocycles. The first-order chi connectivity index (χ1) is 5.24. The molecule has 0 bridgehead atoms. The van der Waals surface area contributed by atoms with E-state index in [1.807, 2.05) is 6.26 Å². The highest BCUT2D eigenvalue weighted by Crippen LogP contribution is 2.24. The molecule has 0 aliphatic rings. The number of phenols is 1. The van der Waals surface area contributed by atoms with Crippen LogP contribution in [0.4, 0.5) is 0 Å². The normalized spacial score (nSPS) is 10.0. The molecule has 0 radical (unpaired) electrons. The molecular formula is C8H9ClOS. The van der Waals surface area contributed by atoms with Gasteiger partial charge < -0.3 is 5.11 Å². The summed E-state index contributed by atoms with van der Waals surface area (Å²) in [5, 5.41) is 9.97. The van der Waals surface area contributed by atoms with Crippen LogP contribution in [-0.2, 0) is 5.75 Å². The summed E-state index contributed by atoms with van der Waals surface area (Å²) < 4.78 is 0. The van der Waals surface area contributed by atoms with Gasteiger partial charge in [0.15, 0.2) is 0 Å². The van der Waals surface area contributed by atoms with E-state index in [-0.39, 0.29) is 0 Å². The maximum Gasteiger partial charge on any atom is 0.119 e. The van der Waals surface area contributed by atoms with Crippen LogP contribution in [0.2, 0.25) is 5.02 Å². The summed E-state index contributed by atoms with van der Waals surface area (Å²) >= 11 is 7.39. The first kappa shape index (κ1) is 8.75. The molecule has 1 aromatic rings. The molecule has 0 aliphatic carbocycles. The van der Waals surface area contributed by atoms with Gasteiger partial charge in [0.05, 0.1) is 0 Å². The van der Waals surface area contributed by atoms with Crippen molar-refractivity contribution in [3.05, 3.63) is 28.8 Å². The molecule has 1 N–H and O–H groups in total. The third-order valence-electron chi connectivity index (χ3n) is 1.34. The highest BCUT2D eigenvalue weighted by molar-refractivity contribution is 7.97. The van der Waals surface area contributed by atoms with Gasteiger partial charge >= 0.3 is 0 Å². The molecular weight excluding hydrogens is 180 g/mol. The highest BCUT2D eigenvalue weighted by Gasteiger charge is 1.99. The second-order valence-electron chi connectivity index (χ2n) is 2.21. The van der Waals surface area contributed by atoms with Crippen molar-refractivity contribution in [3.8, 4) is 5.75 Å². The monoisotopic (exact) mass is 188 g/mol. The van der Waals surface area contributed by atoms with Crippen LogP contribution >= 0.6 is 23.4 Å². The SMILES string of the molecule is CSCc1cc(Cl)ccc1O. The third-order valence-corrected chi connectivity index (χ3v) is 2.18. The van der Waals surface area contributed by atoms with Gasteiger partial charge in [0, 0.05) is 16.3 Å². The van der Waals surface area contributed by atoms with Crippen LogP contribution in [0.1, 0.15) is 5.56 Å². The first-order valence-corrected chi connectivity index (χ1v) is 4.97. The summed E-state index contributed by atoms with van der Waals surface area (Å²) in [4.78, 5) is 0. The van der Waals surface area contributed by atoms with Crippen molar-refractivity contribution in [1.82, 2.24) is 0 Å². The second-order valence-corrected chi connectivity index (χ2v) is 3.51. The van der Waals surface area contributed by atoms with Gasteiger partial charge in [0.2, 0.25) is 0 Å². The third kappa shape index (κ3) is 2.31. The van der Waals surface area contributed by atoms with Gasteiger partial charge in [0.25, 0.3) is 0 Å². The Labute approximate surface area is 75.4 Å². The van der Waals surface area contributed by atoms with Crippen molar-refractivity contribution in [3.63, 3.8) is 0 Å². The van der Waals surface area contributed by atoms with Crippen molar-refractivity contribution >= 4 is 23.4 Å². The van der Waals surface area contributed by atoms with E-state index >= 15 is 0 Å². The van der Waals surface area contributed by atoms with Crippen LogP contribution in [0.25, 0.3) is 0 Å². The summed E-state index contributed by atoms with van der Waals surface area (Å²) in [6.07, 6.45) is 1.99. The van der Waals surface area contributed by atoms with E-state index in [1.54, 1.807) is 30.0 Å². The van der Waals surface area contributed by atoms with Gasteiger partial charge in [-0.3, -0.25) is 0 Å². The summed E-state index contributed by atoms with van der Waals surface area (Å²) in [5.41, 5.74) is 0.894. The molecule has 0 atom stereocenters. The van der Waals surface area contributed by atoms with Crippen molar-refractivity contribution in [1.29, 1.82) is 0 Å². The summed E-state index contributed by atoms with van der Waals surface area (Å²) in [6, 6.07) is 5.09. The van der Waals surface area contributed by atoms with Crippen LogP contribution < -0.4 is 0 Å². The fourth-order valence-electron chi connectivity index (χ4n) is 0.825. The smallest absolute Gasteiger partial charge is 0.119 e. The standard InChI is InChI=1S/C8H9ClOS/c1-11-5-6-4-7(9)2-3-8(6)10/h2-4,10H,5H2,1H3. The van der Waals surface area contributed by atoms with Crippen molar-refractivity contribution in [2.24, 2.45) is 0 Å². The van der Waals surface area contributed by atoms with E-state index in [0.717, 1.165) is 11.3 Å². The van der Waals surface area contributed by atoms with Gasteiger partial charge in [-0.2, -0.15) is 11.8 Å². The Morgan fingerprint density at radius 1 is 1.55 bits per heavy atom. The lowest BCUT2D eigenvalue weighted by atomic mass is 10.2. The molecule has 1 nitrogen and oxygen atoms in total. The van der Waals surface area contributed by atoms with Gasteiger partial charge in [0.1, 0.15) is 5.75 Å². The number of aromatic hydroxyl groups is 1. The van der Waals surface area contributed by atoms with Gasteiger partial charge in [-0.25, -0.2) is 0 Å². The lowest BCUT2D eigenvalue weighted by Crippen LogP contribution is -1.80. The summed E-state index contributed by atoms with van der Waals surface area (Å²) in [5.74, 6) is 1.12. The van der Waals surface area contributed by atoms with Crippen LogP contribution in [0.15, 0.2) is 18.2 Å². The molecule has 0 heterocycles. The molecule has 0 spiro atoms. The van der Waals surface area contributed by atoms with E-state index in [9.17, 15) is 5.11 Å². The molecule has 0 saturated carbocycles. The zero-order valence-corrected chi connectivity index (χ0v) is 7.75. The van der Waals surface area contributed by atoms with Crippen LogP contribution in [0.5, 0.6) is 5.75 Å². The van der Waals surface area contributed by atoms with E-state index < -0.39 is 0 Å². The maximum absolute atomic E-state index is 9.29. The minimum atomic E-state index is 0.323. The largest absolute Gasteiger partial charge is 0.508 e. The average molecular weight is 189 g/mol. The fourth-order valence-corrected chi connectivity index (χ4v) is 1.56. The Bertz CT molecular complexity index is 250. The zero-order valence-electron chi connectivity index (χ0n) is 6.17. The van der Waals surface area contributed by atoms with Crippen LogP contribution in [0.3, 0.4) is 0 Å². The molecule has 0 fully saturated rings. The van der Waals surface area contributed by atoms with E-state index in [4.69, 9.17) is 11.6 Å². The molecule has 1 rings (SSSR count). The van der Waals surface area contributed by atoms with Gasteiger partial charge in [-0.15, -0.1) is 0 Å². The highest BCUT2D eigenvalue weighted by atomic mass is 35.5. The lowest BCUT2D eigenvalue weighted by molar-refractivity contribution is 0.470. The summed E-state index contributed by atoms with van der Waals surface area (Å²) in [6.45, 7) is 0. The minimum Gasteiger partial charge on any atom is -0.508 e. The number of benzene rings is 1.